The SMILES string of the molecule is CCCNCc1cnccc1N1CCN2CCCC2C1. The van der Waals surface area contributed by atoms with E-state index in [1.54, 1.807) is 0 Å². The third kappa shape index (κ3) is 2.96. The van der Waals surface area contributed by atoms with E-state index in [0.29, 0.717) is 0 Å². The summed E-state index contributed by atoms with van der Waals surface area (Å²) < 4.78 is 0. The van der Waals surface area contributed by atoms with Crippen LogP contribution in [-0.2, 0) is 6.54 Å². The molecule has 1 atom stereocenters. The molecule has 0 aliphatic carbocycles. The molecule has 2 aliphatic heterocycles. The molecule has 1 aromatic rings. The third-order valence-electron chi connectivity index (χ3n) is 4.55. The molecule has 20 heavy (non-hydrogen) atoms. The van der Waals surface area contributed by atoms with Gasteiger partial charge in [-0.1, -0.05) is 6.92 Å². The summed E-state index contributed by atoms with van der Waals surface area (Å²) in [7, 11) is 0. The summed E-state index contributed by atoms with van der Waals surface area (Å²) >= 11 is 0. The fraction of sp³-hybridized carbons (Fsp3) is 0.688. The first kappa shape index (κ1) is 13.8. The van der Waals surface area contributed by atoms with Gasteiger partial charge in [0.25, 0.3) is 0 Å². The van der Waals surface area contributed by atoms with E-state index in [2.05, 4.69) is 33.1 Å². The van der Waals surface area contributed by atoms with Gasteiger partial charge >= 0.3 is 0 Å². The van der Waals surface area contributed by atoms with Crippen molar-refractivity contribution in [3.63, 3.8) is 0 Å². The van der Waals surface area contributed by atoms with Crippen molar-refractivity contribution >= 4 is 5.69 Å². The van der Waals surface area contributed by atoms with Crippen molar-refractivity contribution in [3.05, 3.63) is 24.0 Å². The Bertz CT molecular complexity index is 434. The zero-order valence-electron chi connectivity index (χ0n) is 12.5. The van der Waals surface area contributed by atoms with Crippen molar-refractivity contribution in [3.8, 4) is 0 Å². The molecule has 1 N–H and O–H groups in total. The lowest BCUT2D eigenvalue weighted by Gasteiger charge is -2.39. The number of nitrogens with zero attached hydrogens (tertiary/aromatic N) is 3. The van der Waals surface area contributed by atoms with Gasteiger partial charge in [0.15, 0.2) is 0 Å². The highest BCUT2D eigenvalue weighted by atomic mass is 15.3. The van der Waals surface area contributed by atoms with Gasteiger partial charge in [0.1, 0.15) is 0 Å². The summed E-state index contributed by atoms with van der Waals surface area (Å²) in [6.07, 6.45) is 7.87. The Morgan fingerprint density at radius 2 is 2.30 bits per heavy atom. The number of hydrogen-bond donors (Lipinski definition) is 1. The van der Waals surface area contributed by atoms with Crippen molar-refractivity contribution in [2.75, 3.05) is 37.6 Å². The monoisotopic (exact) mass is 274 g/mol. The second kappa shape index (κ2) is 6.55. The zero-order chi connectivity index (χ0) is 13.8. The summed E-state index contributed by atoms with van der Waals surface area (Å²) in [6, 6.07) is 2.96. The largest absolute Gasteiger partial charge is 0.368 e. The number of pyridine rings is 1. The van der Waals surface area contributed by atoms with Crippen LogP contribution in [0.15, 0.2) is 18.5 Å². The number of hydrogen-bond acceptors (Lipinski definition) is 4. The van der Waals surface area contributed by atoms with Crippen LogP contribution >= 0.6 is 0 Å². The number of rotatable bonds is 5. The summed E-state index contributed by atoms with van der Waals surface area (Å²) in [5.74, 6) is 0. The van der Waals surface area contributed by atoms with Crippen LogP contribution in [0.3, 0.4) is 0 Å². The summed E-state index contributed by atoms with van der Waals surface area (Å²) in [5, 5.41) is 3.50. The lowest BCUT2D eigenvalue weighted by atomic mass is 10.1. The van der Waals surface area contributed by atoms with E-state index in [4.69, 9.17) is 0 Å². The molecule has 2 aliphatic rings. The number of aromatic nitrogens is 1. The summed E-state index contributed by atoms with van der Waals surface area (Å²) in [6.45, 7) is 9.07. The van der Waals surface area contributed by atoms with Gasteiger partial charge in [0.2, 0.25) is 0 Å². The van der Waals surface area contributed by atoms with Crippen LogP contribution in [0.25, 0.3) is 0 Å². The number of anilines is 1. The van der Waals surface area contributed by atoms with E-state index in [-0.39, 0.29) is 0 Å². The van der Waals surface area contributed by atoms with Gasteiger partial charge < -0.3 is 10.2 Å². The van der Waals surface area contributed by atoms with Gasteiger partial charge in [-0.2, -0.15) is 0 Å². The van der Waals surface area contributed by atoms with Crippen LogP contribution in [0.5, 0.6) is 0 Å². The number of piperazine rings is 1. The lowest BCUT2D eigenvalue weighted by molar-refractivity contribution is 0.231. The first-order valence-corrected chi connectivity index (χ1v) is 8.01. The smallest absolute Gasteiger partial charge is 0.0443 e. The van der Waals surface area contributed by atoms with Gasteiger partial charge in [0.05, 0.1) is 0 Å². The molecule has 0 spiro atoms. The fourth-order valence-electron chi connectivity index (χ4n) is 3.47. The van der Waals surface area contributed by atoms with E-state index < -0.39 is 0 Å². The van der Waals surface area contributed by atoms with E-state index in [9.17, 15) is 0 Å². The first-order chi connectivity index (χ1) is 9.88. The van der Waals surface area contributed by atoms with Gasteiger partial charge in [-0.25, -0.2) is 0 Å². The van der Waals surface area contributed by atoms with E-state index in [0.717, 1.165) is 25.7 Å². The average molecular weight is 274 g/mol. The maximum Gasteiger partial charge on any atom is 0.0443 e. The number of fused-ring (bicyclic) bond motifs is 1. The Morgan fingerprint density at radius 3 is 3.20 bits per heavy atom. The van der Waals surface area contributed by atoms with Crippen molar-refractivity contribution in [1.29, 1.82) is 0 Å². The van der Waals surface area contributed by atoms with Crippen LogP contribution in [0.4, 0.5) is 5.69 Å². The minimum atomic E-state index is 0.772. The maximum atomic E-state index is 4.31. The van der Waals surface area contributed by atoms with Crippen LogP contribution < -0.4 is 10.2 Å². The second-order valence-electron chi connectivity index (χ2n) is 5.96. The normalized spacial score (nSPS) is 23.1. The highest BCUT2D eigenvalue weighted by Gasteiger charge is 2.31. The molecule has 1 unspecified atom stereocenters. The lowest BCUT2D eigenvalue weighted by Crippen LogP contribution is -2.50. The molecule has 0 aromatic carbocycles. The van der Waals surface area contributed by atoms with Crippen molar-refractivity contribution < 1.29 is 0 Å². The highest BCUT2D eigenvalue weighted by molar-refractivity contribution is 5.53. The molecule has 1 aromatic heterocycles. The summed E-state index contributed by atoms with van der Waals surface area (Å²) in [4.78, 5) is 9.53. The maximum absolute atomic E-state index is 4.31. The molecule has 0 amide bonds. The molecule has 3 rings (SSSR count). The zero-order valence-corrected chi connectivity index (χ0v) is 12.5. The van der Waals surface area contributed by atoms with Crippen molar-refractivity contribution in [1.82, 2.24) is 15.2 Å². The molecule has 110 valence electrons. The van der Waals surface area contributed by atoms with Crippen molar-refractivity contribution in [2.45, 2.75) is 38.8 Å². The molecule has 2 saturated heterocycles. The van der Waals surface area contributed by atoms with Crippen LogP contribution in [0.2, 0.25) is 0 Å². The van der Waals surface area contributed by atoms with Gasteiger partial charge in [-0.3, -0.25) is 9.88 Å². The molecular weight excluding hydrogens is 248 g/mol. The fourth-order valence-corrected chi connectivity index (χ4v) is 3.47. The van der Waals surface area contributed by atoms with E-state index >= 15 is 0 Å². The molecule has 2 fully saturated rings. The van der Waals surface area contributed by atoms with Gasteiger partial charge in [0, 0.05) is 55.9 Å². The predicted molar refractivity (Wildman–Crippen MR) is 83.0 cm³/mol. The molecular formula is C16H26N4. The number of nitrogens with one attached hydrogen (secondary N) is 1. The van der Waals surface area contributed by atoms with Gasteiger partial charge in [-0.15, -0.1) is 0 Å². The summed E-state index contributed by atoms with van der Waals surface area (Å²) in [5.41, 5.74) is 2.72. The average Bonchev–Trinajstić information content (AvgIpc) is 2.95. The van der Waals surface area contributed by atoms with E-state index in [1.807, 2.05) is 12.4 Å². The standard InChI is InChI=1S/C16H26N4/c1-2-6-17-11-14-12-18-7-5-16(14)20-10-9-19-8-3-4-15(19)13-20/h5,7,12,15,17H,2-4,6,8-11,13H2,1H3. The Hall–Kier alpha value is -1.13. The Kier molecular flexibility index (Phi) is 4.53. The molecule has 3 heterocycles. The second-order valence-corrected chi connectivity index (χ2v) is 5.96. The molecule has 0 radical (unpaired) electrons. The van der Waals surface area contributed by atoms with E-state index in [1.165, 1.54) is 50.1 Å². The highest BCUT2D eigenvalue weighted by Crippen LogP contribution is 2.27. The Labute approximate surface area is 122 Å². The van der Waals surface area contributed by atoms with Crippen LogP contribution in [-0.4, -0.2) is 48.6 Å². The Balaban J connectivity index is 1.69. The van der Waals surface area contributed by atoms with Crippen LogP contribution in [0.1, 0.15) is 31.7 Å². The molecule has 0 bridgehead atoms. The third-order valence-corrected chi connectivity index (χ3v) is 4.55. The quantitative estimate of drug-likeness (QED) is 0.831. The minimum absolute atomic E-state index is 0.772. The minimum Gasteiger partial charge on any atom is -0.368 e. The van der Waals surface area contributed by atoms with Crippen LogP contribution in [0, 0.1) is 0 Å². The molecule has 4 nitrogen and oxygen atoms in total. The Morgan fingerprint density at radius 1 is 1.35 bits per heavy atom. The topological polar surface area (TPSA) is 31.4 Å². The predicted octanol–water partition coefficient (Wildman–Crippen LogP) is 1.87. The molecule has 0 saturated carbocycles. The van der Waals surface area contributed by atoms with Gasteiger partial charge in [-0.05, 0) is 38.4 Å². The van der Waals surface area contributed by atoms with Crippen molar-refractivity contribution in [2.24, 2.45) is 0 Å². The molecule has 4 heteroatoms. The first-order valence-electron chi connectivity index (χ1n) is 8.01.